The normalized spacial score (nSPS) is 37.1. The fourth-order valence-electron chi connectivity index (χ4n) is 6.52. The monoisotopic (exact) mass is 947 g/mol. The molecular weight excluding hydrogens is 874 g/mol. The van der Waals surface area contributed by atoms with Crippen LogP contribution in [0, 0.1) is 0 Å². The van der Waals surface area contributed by atoms with Crippen molar-refractivity contribution in [2.45, 2.75) is 84.1 Å². The molecule has 8 atom stereocenters. The van der Waals surface area contributed by atoms with Crippen LogP contribution in [0.15, 0.2) is 0 Å². The van der Waals surface area contributed by atoms with E-state index in [1.54, 1.807) is 26.2 Å². The lowest BCUT2D eigenvalue weighted by Crippen LogP contribution is -2.82. The van der Waals surface area contributed by atoms with Gasteiger partial charge in [-0.25, -0.2) is 0 Å². The Kier molecular flexibility index (Phi) is 18.1. The molecule has 3 aliphatic heterocycles. The van der Waals surface area contributed by atoms with Gasteiger partial charge in [0, 0.05) is 92.2 Å². The van der Waals surface area contributed by atoms with Crippen molar-refractivity contribution in [3.05, 3.63) is 0 Å². The SMILES string of the molecule is C.CO[Si]1(C)O[Si]2(C)O[Si](C)(O[Si]3(C)O[Si](O)(CCC[N+](C)(C)C)O[Si](C)(O[Si](C)(O)O[Si](O)(O)CCC[N+](C)(C)C)O3)O[Si](CCC[N+](C)(C)C)(O1)O2.[B]. The molecule has 0 aliphatic carbocycles. The van der Waals surface area contributed by atoms with Crippen LogP contribution in [0.25, 0.3) is 0 Å². The van der Waals surface area contributed by atoms with Crippen molar-refractivity contribution in [3.63, 3.8) is 0 Å². The quantitative estimate of drug-likeness (QED) is 0.104. The summed E-state index contributed by atoms with van der Waals surface area (Å²) in [5.74, 6) is 0. The highest BCUT2D eigenvalue weighted by Gasteiger charge is 2.74. The topological polar surface area (TPSA) is 192 Å². The van der Waals surface area contributed by atoms with Crippen LogP contribution in [0.4, 0.5) is 0 Å². The van der Waals surface area contributed by atoms with Crippen LogP contribution in [0.1, 0.15) is 26.7 Å². The first kappa shape index (κ1) is 54.3. The highest BCUT2D eigenvalue weighted by molar-refractivity contribution is 6.98. The molecule has 0 amide bonds. The second-order valence-electron chi connectivity index (χ2n) is 18.0. The maximum absolute atomic E-state index is 12.1. The molecule has 55 heavy (non-hydrogen) atoms. The summed E-state index contributed by atoms with van der Waals surface area (Å²) in [6.07, 6.45) is 1.71. The van der Waals surface area contributed by atoms with Crippen molar-refractivity contribution >= 4 is 87.7 Å². The minimum Gasteiger partial charge on any atom is -0.391 e. The predicted octanol–water partition coefficient (Wildman–Crippen LogP) is 0.599. The first-order chi connectivity index (χ1) is 23.5. The molecule has 8 unspecified atom stereocenters. The molecule has 3 aliphatic rings. The smallest absolute Gasteiger partial charge is 0.391 e. The van der Waals surface area contributed by atoms with E-state index in [1.807, 2.05) is 42.3 Å². The van der Waals surface area contributed by atoms with Gasteiger partial charge in [-0.3, -0.25) is 0 Å². The van der Waals surface area contributed by atoms with E-state index in [0.717, 1.165) is 17.4 Å². The third-order valence-corrected chi connectivity index (χ3v) is 43.3. The predicted molar refractivity (Wildman–Crippen MR) is 224 cm³/mol. The van der Waals surface area contributed by atoms with E-state index < -0.39 is 79.2 Å². The Morgan fingerprint density at radius 3 is 1.53 bits per heavy atom. The van der Waals surface area contributed by atoms with Crippen molar-refractivity contribution in [3.8, 4) is 0 Å². The van der Waals surface area contributed by atoms with Gasteiger partial charge in [-0.2, -0.15) is 0 Å². The van der Waals surface area contributed by atoms with Crippen LogP contribution < -0.4 is 0 Å². The van der Waals surface area contributed by atoms with Crippen LogP contribution in [0.3, 0.4) is 0 Å². The highest BCUT2D eigenvalue weighted by Crippen LogP contribution is 2.45. The summed E-state index contributed by atoms with van der Waals surface area (Å²) in [5.41, 5.74) is 0. The molecule has 0 spiro atoms. The molecule has 0 aromatic carbocycles. The zero-order chi connectivity index (χ0) is 40.8. The lowest BCUT2D eigenvalue weighted by Gasteiger charge is -2.56. The minimum absolute atomic E-state index is 0. The van der Waals surface area contributed by atoms with Gasteiger partial charge < -0.3 is 82.3 Å². The van der Waals surface area contributed by atoms with Crippen LogP contribution in [-0.2, 0) is 49.7 Å². The van der Waals surface area contributed by atoms with Crippen LogP contribution in [0.2, 0.25) is 57.4 Å². The average Bonchev–Trinajstić information content (AvgIpc) is 2.81. The first-order valence-corrected chi connectivity index (χ1v) is 37.3. The Hall–Kier alpha value is 1.26. The van der Waals surface area contributed by atoms with E-state index in [2.05, 4.69) is 21.1 Å². The molecule has 4 N–H and O–H groups in total. The van der Waals surface area contributed by atoms with E-state index in [1.165, 1.54) is 20.2 Å². The molecule has 29 heteroatoms. The molecular formula is C26H74BN3O16Si9+3. The molecule has 325 valence electrons. The van der Waals surface area contributed by atoms with E-state index in [9.17, 15) is 19.2 Å². The van der Waals surface area contributed by atoms with Crippen molar-refractivity contribution in [1.82, 2.24) is 0 Å². The van der Waals surface area contributed by atoms with Crippen molar-refractivity contribution < 1.29 is 82.3 Å². The van der Waals surface area contributed by atoms with Gasteiger partial charge in [0.25, 0.3) is 0 Å². The molecule has 3 heterocycles. The Balaban J connectivity index is 0.00000756. The van der Waals surface area contributed by atoms with Crippen LogP contribution >= 0.6 is 0 Å². The van der Waals surface area contributed by atoms with Crippen molar-refractivity contribution in [2.75, 3.05) is 90.2 Å². The number of nitrogens with zero attached hydrogens (tertiary/aromatic N) is 3. The standard InChI is InChI=1S/C25H70N3O16Si9.CH4.B/c1-26(2,3)20-17-23-51(30,31)35-45(11,29)34-47(13)37-48(14,41-52(32,40-47)24-18-21-27(4,5)6)38-50(16)39-49(15)36-46(12,33-10)42-53(43-49,44-50)25-19-22-28(7,8)9;;/h29-32H,17-25H2,1-16H3;1H4;/q+3;;. The number of quaternary nitrogens is 3. The number of fused-ring (bicyclic) bond motifs is 2. The van der Waals surface area contributed by atoms with E-state index in [4.69, 9.17) is 49.7 Å². The summed E-state index contributed by atoms with van der Waals surface area (Å²) in [6.45, 7) is 11.8. The van der Waals surface area contributed by atoms with Gasteiger partial charge >= 0.3 is 79.2 Å². The highest BCUT2D eigenvalue weighted by atomic mass is 28.6. The number of hydrogen-bond acceptors (Lipinski definition) is 16. The number of rotatable bonds is 19. The van der Waals surface area contributed by atoms with Gasteiger partial charge in [0.05, 0.1) is 83.1 Å². The maximum atomic E-state index is 12.1. The van der Waals surface area contributed by atoms with E-state index in [0.29, 0.717) is 40.9 Å². The van der Waals surface area contributed by atoms with Crippen molar-refractivity contribution in [1.29, 1.82) is 0 Å². The van der Waals surface area contributed by atoms with E-state index in [-0.39, 0.29) is 27.9 Å². The Bertz CT molecular complexity index is 1280. The maximum Gasteiger partial charge on any atom is 0.488 e. The summed E-state index contributed by atoms with van der Waals surface area (Å²) in [4.78, 5) is 45.3. The summed E-state index contributed by atoms with van der Waals surface area (Å²) in [5, 5.41) is 0. The summed E-state index contributed by atoms with van der Waals surface area (Å²) < 4.78 is 78.1. The average molecular weight is 948 g/mol. The second-order valence-corrected chi connectivity index (χ2v) is 43.6. The number of hydrogen-bond donors (Lipinski definition) is 4. The Morgan fingerprint density at radius 2 is 1.02 bits per heavy atom. The largest absolute Gasteiger partial charge is 0.488 e. The van der Waals surface area contributed by atoms with Crippen LogP contribution in [-0.4, -0.2) is 210 Å². The Labute approximate surface area is 342 Å². The summed E-state index contributed by atoms with van der Waals surface area (Å²) in [7, 11) is -15.2. The third kappa shape index (κ3) is 17.6. The molecule has 19 nitrogen and oxygen atoms in total. The molecule has 3 rings (SSSR count). The lowest BCUT2D eigenvalue weighted by atomic mass is 10.4. The molecule has 3 saturated heterocycles. The fourth-order valence-corrected chi connectivity index (χ4v) is 48.6. The summed E-state index contributed by atoms with van der Waals surface area (Å²) >= 11 is 0. The third-order valence-electron chi connectivity index (χ3n) is 8.26. The zero-order valence-corrected chi connectivity index (χ0v) is 44.5. The zero-order valence-electron chi connectivity index (χ0n) is 35.5. The van der Waals surface area contributed by atoms with Gasteiger partial charge in [-0.15, -0.1) is 0 Å². The summed E-state index contributed by atoms with van der Waals surface area (Å²) in [6, 6.07) is 0.560. The molecule has 0 aromatic heterocycles. The van der Waals surface area contributed by atoms with Gasteiger partial charge in [-0.05, 0) is 0 Å². The van der Waals surface area contributed by atoms with E-state index >= 15 is 0 Å². The van der Waals surface area contributed by atoms with Crippen LogP contribution in [0.5, 0.6) is 0 Å². The lowest BCUT2D eigenvalue weighted by molar-refractivity contribution is -0.870. The minimum atomic E-state index is -4.37. The molecule has 3 radical (unpaired) electrons. The van der Waals surface area contributed by atoms with Gasteiger partial charge in [0.1, 0.15) is 0 Å². The fraction of sp³-hybridized carbons (Fsp3) is 1.00. The molecule has 3 fully saturated rings. The van der Waals surface area contributed by atoms with Gasteiger partial charge in [0.15, 0.2) is 0 Å². The molecule has 0 aromatic rings. The molecule has 2 bridgehead atoms. The molecule has 0 saturated carbocycles. The first-order valence-electron chi connectivity index (χ1n) is 18.0. The van der Waals surface area contributed by atoms with Crippen molar-refractivity contribution in [2.24, 2.45) is 0 Å². The Morgan fingerprint density at radius 1 is 0.582 bits per heavy atom. The van der Waals surface area contributed by atoms with Gasteiger partial charge in [-0.1, -0.05) is 7.43 Å². The second kappa shape index (κ2) is 18.3. The van der Waals surface area contributed by atoms with Gasteiger partial charge in [0.2, 0.25) is 0 Å².